The first-order chi connectivity index (χ1) is 15.7. The quantitative estimate of drug-likeness (QED) is 0.689. The SMILES string of the molecule is CCN1CCN(Cc2ccccc2CNC(=O)c2cccc(CN3CCOCC3)c2)CC1. The van der Waals surface area contributed by atoms with Crippen LogP contribution in [0, 0.1) is 0 Å². The maximum absolute atomic E-state index is 12.9. The molecule has 1 N–H and O–H groups in total. The molecule has 0 unspecified atom stereocenters. The molecular weight excluding hydrogens is 400 g/mol. The average molecular weight is 437 g/mol. The van der Waals surface area contributed by atoms with E-state index in [1.807, 2.05) is 18.2 Å². The van der Waals surface area contributed by atoms with E-state index in [0.717, 1.165) is 77.7 Å². The molecule has 2 aliphatic heterocycles. The molecule has 2 aromatic carbocycles. The Hall–Kier alpha value is -2.25. The van der Waals surface area contributed by atoms with Crippen molar-refractivity contribution >= 4 is 5.91 Å². The number of hydrogen-bond donors (Lipinski definition) is 1. The van der Waals surface area contributed by atoms with E-state index in [2.05, 4.69) is 57.3 Å². The topological polar surface area (TPSA) is 48.0 Å². The lowest BCUT2D eigenvalue weighted by atomic mass is 10.1. The highest BCUT2D eigenvalue weighted by Gasteiger charge is 2.17. The normalized spacial score (nSPS) is 18.5. The van der Waals surface area contributed by atoms with Crippen LogP contribution in [0.3, 0.4) is 0 Å². The number of benzene rings is 2. The molecule has 2 aliphatic rings. The summed E-state index contributed by atoms with van der Waals surface area (Å²) in [6, 6.07) is 16.5. The number of nitrogens with zero attached hydrogens (tertiary/aromatic N) is 3. The lowest BCUT2D eigenvalue weighted by Gasteiger charge is -2.34. The van der Waals surface area contributed by atoms with E-state index in [9.17, 15) is 4.79 Å². The Morgan fingerprint density at radius 2 is 1.53 bits per heavy atom. The minimum absolute atomic E-state index is 0.0137. The molecule has 1 amide bonds. The van der Waals surface area contributed by atoms with Gasteiger partial charge in [-0.25, -0.2) is 0 Å². The zero-order valence-electron chi connectivity index (χ0n) is 19.3. The molecule has 6 nitrogen and oxygen atoms in total. The number of amides is 1. The summed E-state index contributed by atoms with van der Waals surface area (Å²) in [5.41, 5.74) is 4.40. The van der Waals surface area contributed by atoms with Crippen LogP contribution < -0.4 is 5.32 Å². The van der Waals surface area contributed by atoms with Crippen molar-refractivity contribution in [2.45, 2.75) is 26.6 Å². The van der Waals surface area contributed by atoms with Crippen LogP contribution in [0.5, 0.6) is 0 Å². The zero-order chi connectivity index (χ0) is 22.2. The number of carbonyl (C=O) groups is 1. The molecule has 6 heteroatoms. The van der Waals surface area contributed by atoms with E-state index in [4.69, 9.17) is 4.74 Å². The van der Waals surface area contributed by atoms with Crippen molar-refractivity contribution in [3.63, 3.8) is 0 Å². The van der Waals surface area contributed by atoms with Crippen LogP contribution in [0.15, 0.2) is 48.5 Å². The zero-order valence-corrected chi connectivity index (χ0v) is 19.3. The van der Waals surface area contributed by atoms with E-state index in [0.29, 0.717) is 6.54 Å². The first-order valence-corrected chi connectivity index (χ1v) is 11.9. The Bertz CT molecular complexity index is 874. The molecular formula is C26H36N4O2. The van der Waals surface area contributed by atoms with E-state index >= 15 is 0 Å². The van der Waals surface area contributed by atoms with Gasteiger partial charge in [0.2, 0.25) is 0 Å². The van der Waals surface area contributed by atoms with Crippen molar-refractivity contribution < 1.29 is 9.53 Å². The molecule has 0 saturated carbocycles. The highest BCUT2D eigenvalue weighted by Crippen LogP contribution is 2.15. The van der Waals surface area contributed by atoms with Crippen LogP contribution in [-0.4, -0.2) is 79.6 Å². The summed E-state index contributed by atoms with van der Waals surface area (Å²) in [5, 5.41) is 3.14. The molecule has 0 radical (unpaired) electrons. The van der Waals surface area contributed by atoms with Crippen molar-refractivity contribution in [1.82, 2.24) is 20.0 Å². The molecule has 172 valence electrons. The second-order valence-corrected chi connectivity index (χ2v) is 8.75. The molecule has 0 spiro atoms. The van der Waals surface area contributed by atoms with Gasteiger partial charge in [-0.1, -0.05) is 43.3 Å². The lowest BCUT2D eigenvalue weighted by molar-refractivity contribution is 0.0342. The van der Waals surface area contributed by atoms with Crippen molar-refractivity contribution in [1.29, 1.82) is 0 Å². The monoisotopic (exact) mass is 436 g/mol. The molecule has 32 heavy (non-hydrogen) atoms. The van der Waals surface area contributed by atoms with Gasteiger partial charge in [-0.3, -0.25) is 14.6 Å². The fourth-order valence-electron chi connectivity index (χ4n) is 4.49. The average Bonchev–Trinajstić information content (AvgIpc) is 2.84. The number of rotatable bonds is 8. The van der Waals surface area contributed by atoms with Crippen LogP contribution >= 0.6 is 0 Å². The maximum Gasteiger partial charge on any atom is 0.251 e. The number of nitrogens with one attached hydrogen (secondary N) is 1. The Morgan fingerprint density at radius 3 is 2.28 bits per heavy atom. The van der Waals surface area contributed by atoms with Crippen LogP contribution in [0.2, 0.25) is 0 Å². The number of carbonyl (C=O) groups excluding carboxylic acids is 1. The minimum Gasteiger partial charge on any atom is -0.379 e. The summed E-state index contributed by atoms with van der Waals surface area (Å²) in [6.07, 6.45) is 0. The summed E-state index contributed by atoms with van der Waals surface area (Å²) in [7, 11) is 0. The molecule has 2 saturated heterocycles. The second kappa shape index (κ2) is 11.6. The van der Waals surface area contributed by atoms with Gasteiger partial charge in [0.25, 0.3) is 5.91 Å². The molecule has 0 bridgehead atoms. The second-order valence-electron chi connectivity index (χ2n) is 8.75. The van der Waals surface area contributed by atoms with Crippen LogP contribution in [-0.2, 0) is 24.4 Å². The van der Waals surface area contributed by atoms with Crippen molar-refractivity contribution in [2.75, 3.05) is 59.0 Å². The number of likely N-dealkylation sites (N-methyl/N-ethyl adjacent to an activating group) is 1. The van der Waals surface area contributed by atoms with Gasteiger partial charge < -0.3 is 15.0 Å². The molecule has 0 aromatic heterocycles. The van der Waals surface area contributed by atoms with Gasteiger partial charge in [-0.2, -0.15) is 0 Å². The van der Waals surface area contributed by atoms with Gasteiger partial charge in [-0.15, -0.1) is 0 Å². The summed E-state index contributed by atoms with van der Waals surface area (Å²) in [4.78, 5) is 20.3. The van der Waals surface area contributed by atoms with Crippen LogP contribution in [0.1, 0.15) is 34.0 Å². The summed E-state index contributed by atoms with van der Waals surface area (Å²) >= 11 is 0. The predicted octanol–water partition coefficient (Wildman–Crippen LogP) is 2.59. The van der Waals surface area contributed by atoms with Gasteiger partial charge >= 0.3 is 0 Å². The third kappa shape index (κ3) is 6.39. The number of morpholine rings is 1. The van der Waals surface area contributed by atoms with Crippen molar-refractivity contribution in [2.24, 2.45) is 0 Å². The van der Waals surface area contributed by atoms with Gasteiger partial charge in [0.1, 0.15) is 0 Å². The molecule has 4 rings (SSSR count). The summed E-state index contributed by atoms with van der Waals surface area (Å²) in [5.74, 6) is -0.0137. The smallest absolute Gasteiger partial charge is 0.251 e. The van der Waals surface area contributed by atoms with Gasteiger partial charge in [0.15, 0.2) is 0 Å². The summed E-state index contributed by atoms with van der Waals surface area (Å²) in [6.45, 7) is 13.6. The van der Waals surface area contributed by atoms with Crippen LogP contribution in [0.25, 0.3) is 0 Å². The van der Waals surface area contributed by atoms with E-state index in [-0.39, 0.29) is 5.91 Å². The van der Waals surface area contributed by atoms with E-state index < -0.39 is 0 Å². The standard InChI is InChI=1S/C26H36N4O2/c1-2-28-10-12-29(13-11-28)21-25-8-4-3-7-24(25)19-27-26(31)23-9-5-6-22(18-23)20-30-14-16-32-17-15-30/h3-9,18H,2,10-17,19-21H2,1H3,(H,27,31). The fourth-order valence-corrected chi connectivity index (χ4v) is 4.49. The Balaban J connectivity index is 1.33. The Kier molecular flexibility index (Phi) is 8.29. The molecule has 0 atom stereocenters. The van der Waals surface area contributed by atoms with Crippen molar-refractivity contribution in [3.8, 4) is 0 Å². The van der Waals surface area contributed by atoms with Gasteiger partial charge in [0, 0.05) is 64.5 Å². The Morgan fingerprint density at radius 1 is 0.844 bits per heavy atom. The maximum atomic E-state index is 12.9. The van der Waals surface area contributed by atoms with E-state index in [1.165, 1.54) is 16.7 Å². The van der Waals surface area contributed by atoms with Gasteiger partial charge in [0.05, 0.1) is 13.2 Å². The third-order valence-electron chi connectivity index (χ3n) is 6.56. The molecule has 0 aliphatic carbocycles. The fraction of sp³-hybridized carbons (Fsp3) is 0.500. The molecule has 2 fully saturated rings. The Labute approximate surface area is 192 Å². The predicted molar refractivity (Wildman–Crippen MR) is 128 cm³/mol. The minimum atomic E-state index is -0.0137. The van der Waals surface area contributed by atoms with Crippen molar-refractivity contribution in [3.05, 3.63) is 70.8 Å². The number of ether oxygens (including phenoxy) is 1. The highest BCUT2D eigenvalue weighted by atomic mass is 16.5. The largest absolute Gasteiger partial charge is 0.379 e. The number of piperazine rings is 1. The highest BCUT2D eigenvalue weighted by molar-refractivity contribution is 5.94. The third-order valence-corrected chi connectivity index (χ3v) is 6.56. The first-order valence-electron chi connectivity index (χ1n) is 11.9. The summed E-state index contributed by atoms with van der Waals surface area (Å²) < 4.78 is 5.43. The molecule has 2 heterocycles. The number of hydrogen-bond acceptors (Lipinski definition) is 5. The first kappa shape index (κ1) is 22.9. The lowest BCUT2D eigenvalue weighted by Crippen LogP contribution is -2.45. The van der Waals surface area contributed by atoms with Gasteiger partial charge in [-0.05, 0) is 35.4 Å². The molecule has 2 aromatic rings. The van der Waals surface area contributed by atoms with Crippen LogP contribution in [0.4, 0.5) is 0 Å². The van der Waals surface area contributed by atoms with E-state index in [1.54, 1.807) is 0 Å².